The Hall–Kier alpha value is -2.97. The number of amidine groups is 1. The van der Waals surface area contributed by atoms with Crippen LogP contribution in [-0.4, -0.2) is 47.3 Å². The smallest absolute Gasteiger partial charge is 0.341 e. The number of carbonyl (C=O) groups excluding carboxylic acids is 1. The van der Waals surface area contributed by atoms with Gasteiger partial charge in [-0.05, 0) is 66.2 Å². The molecule has 2 aromatic carbocycles. The van der Waals surface area contributed by atoms with Gasteiger partial charge in [-0.2, -0.15) is 0 Å². The molecular weight excluding hydrogens is 440 g/mol. The summed E-state index contributed by atoms with van der Waals surface area (Å²) in [4.78, 5) is 30.5. The Morgan fingerprint density at radius 2 is 1.97 bits per heavy atom. The quantitative estimate of drug-likeness (QED) is 0.568. The van der Waals surface area contributed by atoms with Crippen LogP contribution in [0.2, 0.25) is 5.02 Å². The molecule has 1 heterocycles. The van der Waals surface area contributed by atoms with Gasteiger partial charge in [-0.15, -0.1) is 0 Å². The van der Waals surface area contributed by atoms with Crippen molar-refractivity contribution in [2.75, 3.05) is 20.3 Å². The van der Waals surface area contributed by atoms with Crippen molar-refractivity contribution in [2.45, 2.75) is 13.3 Å². The topological polar surface area (TPSA) is 88.4 Å². The number of aliphatic imine (C=N–C) groups is 1. The Balaban J connectivity index is 1.88. The van der Waals surface area contributed by atoms with E-state index in [4.69, 9.17) is 26.2 Å². The van der Waals surface area contributed by atoms with Crippen LogP contribution in [0.15, 0.2) is 52.4 Å². The summed E-state index contributed by atoms with van der Waals surface area (Å²) in [6.07, 6.45) is 2.55. The molecule has 2 aromatic rings. The van der Waals surface area contributed by atoms with Gasteiger partial charge in [0.15, 0.2) is 23.3 Å². The average molecular weight is 461 g/mol. The summed E-state index contributed by atoms with van der Waals surface area (Å²) >= 11 is 7.24. The van der Waals surface area contributed by atoms with E-state index >= 15 is 0 Å². The molecule has 162 valence electrons. The molecule has 1 amide bonds. The maximum Gasteiger partial charge on any atom is 0.341 e. The third-order valence-electron chi connectivity index (χ3n) is 4.22. The Morgan fingerprint density at radius 3 is 2.61 bits per heavy atom. The van der Waals surface area contributed by atoms with E-state index in [0.29, 0.717) is 38.8 Å². The minimum Gasteiger partial charge on any atom is -0.493 e. The second-order valence-corrected chi connectivity index (χ2v) is 7.98. The molecule has 0 aromatic heterocycles. The fourth-order valence-corrected chi connectivity index (χ4v) is 3.97. The predicted octanol–water partition coefficient (Wildman–Crippen LogP) is 4.83. The number of ether oxygens (including phenoxy) is 2. The second-order valence-electron chi connectivity index (χ2n) is 6.53. The van der Waals surface area contributed by atoms with Crippen molar-refractivity contribution in [1.29, 1.82) is 0 Å². The molecule has 3 rings (SSSR count). The van der Waals surface area contributed by atoms with Gasteiger partial charge in [0, 0.05) is 11.6 Å². The van der Waals surface area contributed by atoms with Gasteiger partial charge >= 0.3 is 5.97 Å². The highest BCUT2D eigenvalue weighted by Gasteiger charge is 2.32. The Kier molecular flexibility index (Phi) is 7.59. The zero-order valence-electron chi connectivity index (χ0n) is 17.0. The lowest BCUT2D eigenvalue weighted by Crippen LogP contribution is -2.29. The zero-order valence-corrected chi connectivity index (χ0v) is 18.6. The van der Waals surface area contributed by atoms with E-state index in [9.17, 15) is 9.59 Å². The minimum atomic E-state index is -1.08. The molecule has 0 aliphatic carbocycles. The van der Waals surface area contributed by atoms with Crippen LogP contribution in [-0.2, 0) is 9.59 Å². The van der Waals surface area contributed by atoms with Gasteiger partial charge < -0.3 is 14.6 Å². The summed E-state index contributed by atoms with van der Waals surface area (Å²) in [5.41, 5.74) is 1.43. The van der Waals surface area contributed by atoms with E-state index in [0.717, 1.165) is 12.0 Å². The van der Waals surface area contributed by atoms with Crippen molar-refractivity contribution in [3.63, 3.8) is 0 Å². The molecule has 31 heavy (non-hydrogen) atoms. The minimum absolute atomic E-state index is 0.121. The molecule has 1 N–H and O–H groups in total. The molecular formula is C22H21ClN2O5S. The van der Waals surface area contributed by atoms with Crippen molar-refractivity contribution in [2.24, 2.45) is 4.99 Å². The van der Waals surface area contributed by atoms with Crippen LogP contribution in [0.25, 0.3) is 6.08 Å². The summed E-state index contributed by atoms with van der Waals surface area (Å²) < 4.78 is 10.5. The van der Waals surface area contributed by atoms with Crippen molar-refractivity contribution in [3.05, 3.63) is 58.0 Å². The van der Waals surface area contributed by atoms with E-state index in [2.05, 4.69) is 4.99 Å². The number of methoxy groups -OCH3 is 1. The number of carboxylic acid groups (broad SMARTS) is 1. The van der Waals surface area contributed by atoms with Crippen LogP contribution in [0.4, 0.5) is 5.69 Å². The normalized spacial score (nSPS) is 16.2. The molecule has 1 aliphatic heterocycles. The Labute approximate surface area is 189 Å². The first-order chi connectivity index (χ1) is 14.9. The molecule has 0 atom stereocenters. The fraction of sp³-hybridized carbons (Fsp3) is 0.227. The summed E-state index contributed by atoms with van der Waals surface area (Å²) in [6.45, 7) is 2.09. The largest absolute Gasteiger partial charge is 0.493 e. The average Bonchev–Trinajstić information content (AvgIpc) is 3.03. The molecule has 0 unspecified atom stereocenters. The van der Waals surface area contributed by atoms with Gasteiger partial charge in [-0.25, -0.2) is 9.79 Å². The molecule has 0 bridgehead atoms. The fourth-order valence-electron chi connectivity index (χ4n) is 2.82. The van der Waals surface area contributed by atoms with E-state index < -0.39 is 12.6 Å². The first-order valence-electron chi connectivity index (χ1n) is 9.49. The molecule has 7 nitrogen and oxygen atoms in total. The highest BCUT2D eigenvalue weighted by Crippen LogP contribution is 2.36. The van der Waals surface area contributed by atoms with Crippen LogP contribution < -0.4 is 9.47 Å². The number of hydrogen-bond donors (Lipinski definition) is 1. The number of rotatable bonds is 8. The number of aliphatic carboxylic acids is 1. The number of carbonyl (C=O) groups is 2. The van der Waals surface area contributed by atoms with Gasteiger partial charge in [0.25, 0.3) is 5.91 Å². The van der Waals surface area contributed by atoms with Gasteiger partial charge in [0.05, 0.1) is 17.7 Å². The first kappa shape index (κ1) is 22.7. The van der Waals surface area contributed by atoms with Crippen molar-refractivity contribution in [1.82, 2.24) is 4.90 Å². The molecule has 0 radical (unpaired) electrons. The van der Waals surface area contributed by atoms with Crippen LogP contribution in [0, 0.1) is 0 Å². The maximum absolute atomic E-state index is 13.0. The number of nitrogens with zero attached hydrogens (tertiary/aromatic N) is 2. The summed E-state index contributed by atoms with van der Waals surface area (Å²) in [5.74, 6) is -0.504. The SMILES string of the molecule is CCCN1C(=O)/C(=C/c2ccc(OCC(=O)O)c(OC)c2)SC1=Nc1ccc(Cl)cc1. The molecule has 9 heteroatoms. The molecule has 0 saturated carbocycles. The zero-order chi connectivity index (χ0) is 22.4. The lowest BCUT2D eigenvalue weighted by Gasteiger charge is -2.14. The summed E-state index contributed by atoms with van der Waals surface area (Å²) in [7, 11) is 1.47. The van der Waals surface area contributed by atoms with Gasteiger partial charge in [-0.1, -0.05) is 24.6 Å². The van der Waals surface area contributed by atoms with Gasteiger partial charge in [0.1, 0.15) is 0 Å². The van der Waals surface area contributed by atoms with Gasteiger partial charge in [-0.3, -0.25) is 9.69 Å². The Morgan fingerprint density at radius 1 is 1.23 bits per heavy atom. The van der Waals surface area contributed by atoms with Crippen molar-refractivity contribution < 1.29 is 24.2 Å². The lowest BCUT2D eigenvalue weighted by molar-refractivity contribution is -0.139. The molecule has 0 spiro atoms. The van der Waals surface area contributed by atoms with Gasteiger partial charge in [0.2, 0.25) is 0 Å². The third kappa shape index (κ3) is 5.80. The maximum atomic E-state index is 13.0. The number of amides is 1. The van der Waals surface area contributed by atoms with Crippen molar-refractivity contribution >= 4 is 52.2 Å². The summed E-state index contributed by atoms with van der Waals surface area (Å²) in [6, 6.07) is 12.1. The highest BCUT2D eigenvalue weighted by atomic mass is 35.5. The van der Waals surface area contributed by atoms with Crippen LogP contribution >= 0.6 is 23.4 Å². The number of hydrogen-bond acceptors (Lipinski definition) is 6. The third-order valence-corrected chi connectivity index (χ3v) is 5.48. The highest BCUT2D eigenvalue weighted by molar-refractivity contribution is 8.18. The molecule has 1 fully saturated rings. The van der Waals surface area contributed by atoms with E-state index in [-0.39, 0.29) is 5.91 Å². The Bertz CT molecular complexity index is 1040. The number of halogens is 1. The van der Waals surface area contributed by atoms with Crippen LogP contribution in [0.3, 0.4) is 0 Å². The monoisotopic (exact) mass is 460 g/mol. The predicted molar refractivity (Wildman–Crippen MR) is 122 cm³/mol. The lowest BCUT2D eigenvalue weighted by atomic mass is 10.2. The van der Waals surface area contributed by atoms with Crippen LogP contribution in [0.1, 0.15) is 18.9 Å². The van der Waals surface area contributed by atoms with Crippen LogP contribution in [0.5, 0.6) is 11.5 Å². The number of benzene rings is 2. The van der Waals surface area contributed by atoms with E-state index in [1.54, 1.807) is 53.4 Å². The number of carboxylic acids is 1. The molecule has 1 aliphatic rings. The second kappa shape index (κ2) is 10.4. The molecule has 1 saturated heterocycles. The number of thioether (sulfide) groups is 1. The van der Waals surface area contributed by atoms with Crippen molar-refractivity contribution in [3.8, 4) is 11.5 Å². The summed E-state index contributed by atoms with van der Waals surface area (Å²) in [5, 5.41) is 10.0. The first-order valence-corrected chi connectivity index (χ1v) is 10.7. The van der Waals surface area contributed by atoms with E-state index in [1.165, 1.54) is 18.9 Å². The standard InChI is InChI=1S/C22H21ClN2O5S/c1-3-10-25-21(28)19(31-22(25)24-16-7-5-15(23)6-8-16)12-14-4-9-17(18(11-14)29-2)30-13-20(26)27/h4-9,11-12H,3,10,13H2,1-2H3,(H,26,27)/b19-12-,24-22?. The van der Waals surface area contributed by atoms with E-state index in [1.807, 2.05) is 6.92 Å².